The van der Waals surface area contributed by atoms with E-state index in [0.717, 1.165) is 33.6 Å². The molecule has 6 aromatic rings. The molecule has 1 N–H and O–H groups in total. The summed E-state index contributed by atoms with van der Waals surface area (Å²) in [5.74, 6) is 0.603. The number of carbonyl (C=O) groups is 1. The Balaban J connectivity index is 1.12. The van der Waals surface area contributed by atoms with Crippen LogP contribution >= 0.6 is 0 Å². The van der Waals surface area contributed by atoms with Crippen LogP contribution in [-0.2, 0) is 34.6 Å². The first kappa shape index (κ1) is 35.6. The summed E-state index contributed by atoms with van der Waals surface area (Å²) < 4.78 is 16.0. The molecule has 276 valence electrons. The van der Waals surface area contributed by atoms with Gasteiger partial charge in [-0.15, -0.1) is 5.10 Å². The normalized spacial score (nSPS) is 20.9. The molecule has 0 unspecified atom stereocenters. The second-order valence-corrected chi connectivity index (χ2v) is 19.6. The first-order valence-electron chi connectivity index (χ1n) is 18.5. The highest BCUT2D eigenvalue weighted by molar-refractivity contribution is 6.91. The van der Waals surface area contributed by atoms with E-state index < -0.39 is 13.7 Å². The van der Waals surface area contributed by atoms with Gasteiger partial charge in [0.2, 0.25) is 0 Å². The van der Waals surface area contributed by atoms with Crippen LogP contribution in [0.4, 0.5) is 5.69 Å². The summed E-state index contributed by atoms with van der Waals surface area (Å²) in [6.07, 6.45) is 4.43. The van der Waals surface area contributed by atoms with Crippen molar-refractivity contribution < 1.29 is 19.4 Å². The van der Waals surface area contributed by atoms with Crippen LogP contribution in [0.25, 0.3) is 16.5 Å². The monoisotopic (exact) mass is 740 g/mol. The topological polar surface area (TPSA) is 125 Å². The predicted molar refractivity (Wildman–Crippen MR) is 210 cm³/mol. The number of benzene rings is 4. The highest BCUT2D eigenvalue weighted by Gasteiger charge is 2.66. The van der Waals surface area contributed by atoms with Gasteiger partial charge in [-0.05, 0) is 53.9 Å². The van der Waals surface area contributed by atoms with Crippen LogP contribution in [0.1, 0.15) is 30.2 Å². The van der Waals surface area contributed by atoms with Crippen molar-refractivity contribution in [1.82, 2.24) is 24.8 Å². The summed E-state index contributed by atoms with van der Waals surface area (Å²) in [6, 6.07) is 31.5. The average Bonchev–Trinajstić information content (AvgIpc) is 3.84. The molecule has 4 atom stereocenters. The van der Waals surface area contributed by atoms with Crippen molar-refractivity contribution in [3.63, 3.8) is 0 Å². The summed E-state index contributed by atoms with van der Waals surface area (Å²) in [5, 5.41) is 25.1. The lowest BCUT2D eigenvalue weighted by atomic mass is 9.82. The molecule has 1 fully saturated rings. The van der Waals surface area contributed by atoms with Gasteiger partial charge in [0, 0.05) is 42.6 Å². The molecule has 0 saturated carbocycles. The molecular formula is C42H44N6O5Si. The van der Waals surface area contributed by atoms with Gasteiger partial charge in [0.05, 0.1) is 56.5 Å². The molecule has 0 bridgehead atoms. The van der Waals surface area contributed by atoms with Crippen LogP contribution in [0.3, 0.4) is 0 Å². The first-order valence-corrected chi connectivity index (χ1v) is 21.5. The third-order valence-electron chi connectivity index (χ3n) is 11.6. The van der Waals surface area contributed by atoms with E-state index in [2.05, 4.69) is 47.6 Å². The molecule has 54 heavy (non-hydrogen) atoms. The minimum Gasteiger partial charge on any atom is -0.497 e. The minimum atomic E-state index is -2.32. The fourth-order valence-electron chi connectivity index (χ4n) is 8.83. The molecular weight excluding hydrogens is 697 g/mol. The Hall–Kier alpha value is -5.43. The number of rotatable bonds is 11. The Labute approximate surface area is 314 Å². The second kappa shape index (κ2) is 14.1. The van der Waals surface area contributed by atoms with Crippen LogP contribution in [0, 0.1) is 5.92 Å². The summed E-state index contributed by atoms with van der Waals surface area (Å²) in [4.78, 5) is 30.3. The van der Waals surface area contributed by atoms with Gasteiger partial charge in [0.25, 0.3) is 11.5 Å². The number of anilines is 1. The van der Waals surface area contributed by atoms with E-state index in [4.69, 9.17) is 9.47 Å². The molecule has 2 aliphatic rings. The van der Waals surface area contributed by atoms with Crippen molar-refractivity contribution in [3.8, 4) is 11.4 Å². The van der Waals surface area contributed by atoms with Crippen molar-refractivity contribution >= 4 is 35.6 Å². The fraction of sp³-hybridized carbons (Fsp3) is 0.310. The van der Waals surface area contributed by atoms with Crippen molar-refractivity contribution in [3.05, 3.63) is 137 Å². The Morgan fingerprint density at radius 1 is 0.944 bits per heavy atom. The number of ether oxygens (including phenoxy) is 2. The predicted octanol–water partition coefficient (Wildman–Crippen LogP) is 5.37. The minimum absolute atomic E-state index is 0.0119. The number of carbonyl (C=O) groups excluding carboxylic acids is 1. The Morgan fingerprint density at radius 3 is 2.44 bits per heavy atom. The van der Waals surface area contributed by atoms with Crippen LogP contribution < -0.4 is 20.4 Å². The molecule has 0 radical (unpaired) electrons. The van der Waals surface area contributed by atoms with Gasteiger partial charge in [0.15, 0.2) is 5.60 Å². The second-order valence-electron chi connectivity index (χ2n) is 14.9. The quantitative estimate of drug-likeness (QED) is 0.176. The van der Waals surface area contributed by atoms with Gasteiger partial charge in [-0.1, -0.05) is 91.1 Å². The lowest BCUT2D eigenvalue weighted by molar-refractivity contribution is -0.146. The van der Waals surface area contributed by atoms with E-state index in [9.17, 15) is 9.90 Å². The van der Waals surface area contributed by atoms with Crippen LogP contribution in [0.2, 0.25) is 18.6 Å². The molecule has 4 heterocycles. The lowest BCUT2D eigenvalue weighted by Gasteiger charge is -2.37. The number of hydrogen-bond donors (Lipinski definition) is 1. The Kier molecular flexibility index (Phi) is 9.28. The van der Waals surface area contributed by atoms with E-state index in [1.807, 2.05) is 101 Å². The van der Waals surface area contributed by atoms with Crippen molar-refractivity contribution in [2.75, 3.05) is 18.6 Å². The number of methoxy groups -OCH3 is 1. The van der Waals surface area contributed by atoms with E-state index >= 15 is 4.79 Å². The SMILES string of the molecule is COc1ccc([Si](C)(C)[C@@H]2[C@@H](CCn3cc(CCO)nn3)O[C@]3(C(=O)N(Cc4ccc(-n5ncc6ccccc6c5=O)cc4)c4ccccc43)[C@H]2C)cc1. The smallest absolute Gasteiger partial charge is 0.279 e. The molecule has 8 rings (SSSR count). The highest BCUT2D eigenvalue weighted by Crippen LogP contribution is 2.60. The molecule has 0 aliphatic carbocycles. The van der Waals surface area contributed by atoms with Gasteiger partial charge in [-0.3, -0.25) is 14.3 Å². The van der Waals surface area contributed by atoms with Gasteiger partial charge in [-0.25, -0.2) is 0 Å². The molecule has 4 aromatic carbocycles. The number of amides is 1. The summed E-state index contributed by atoms with van der Waals surface area (Å²) in [6.45, 7) is 7.87. The number of hydrogen-bond acceptors (Lipinski definition) is 8. The highest BCUT2D eigenvalue weighted by atomic mass is 28.3. The first-order chi connectivity index (χ1) is 26.1. The van der Waals surface area contributed by atoms with Gasteiger partial charge < -0.3 is 19.5 Å². The number of fused-ring (bicyclic) bond motifs is 3. The van der Waals surface area contributed by atoms with Crippen LogP contribution in [0.5, 0.6) is 5.75 Å². The summed E-state index contributed by atoms with van der Waals surface area (Å²) >= 11 is 0. The van der Waals surface area contributed by atoms with E-state index in [-0.39, 0.29) is 35.6 Å². The maximum atomic E-state index is 15.1. The van der Waals surface area contributed by atoms with Crippen LogP contribution in [-0.4, -0.2) is 63.7 Å². The molecule has 2 aliphatic heterocycles. The number of aromatic nitrogens is 5. The van der Waals surface area contributed by atoms with E-state index in [1.54, 1.807) is 13.3 Å². The molecule has 2 aromatic heterocycles. The zero-order valence-corrected chi connectivity index (χ0v) is 31.9. The molecule has 1 amide bonds. The average molecular weight is 741 g/mol. The van der Waals surface area contributed by atoms with Gasteiger partial charge >= 0.3 is 0 Å². The molecule has 1 saturated heterocycles. The number of aryl methyl sites for hydroxylation is 1. The van der Waals surface area contributed by atoms with E-state index in [1.165, 1.54) is 9.87 Å². The van der Waals surface area contributed by atoms with Crippen molar-refractivity contribution in [1.29, 1.82) is 0 Å². The standard InChI is InChI=1S/C42H44N6O5Si/c1-28-39(54(3,4)34-19-17-33(52-2)18-20-34)38(21-23-46-27-31(22-24-49)44-45-46)53-42(28)36-11-7-8-12-37(36)47(41(42)51)26-29-13-15-32(16-14-29)48-40(50)35-10-6-5-9-30(35)25-43-48/h5-20,25,27-28,38-39,49H,21-24,26H2,1-4H3/t28-,38+,39-,42+/m0/s1. The zero-order valence-electron chi connectivity index (χ0n) is 30.9. The Morgan fingerprint density at radius 2 is 1.69 bits per heavy atom. The van der Waals surface area contributed by atoms with Crippen molar-refractivity contribution in [2.45, 2.75) is 63.2 Å². The maximum absolute atomic E-state index is 15.1. The lowest BCUT2D eigenvalue weighted by Crippen LogP contribution is -2.51. The number of para-hydroxylation sites is 1. The fourth-order valence-corrected chi connectivity index (χ4v) is 12.9. The number of nitrogens with zero attached hydrogens (tertiary/aromatic N) is 6. The number of aliphatic hydroxyl groups excluding tert-OH is 1. The molecule has 11 nitrogen and oxygen atoms in total. The zero-order chi connectivity index (χ0) is 37.6. The molecule has 1 spiro atoms. The largest absolute Gasteiger partial charge is 0.497 e. The third-order valence-corrected chi connectivity index (χ3v) is 15.9. The summed E-state index contributed by atoms with van der Waals surface area (Å²) in [5.41, 5.74) is 2.78. The maximum Gasteiger partial charge on any atom is 0.279 e. The molecule has 12 heteroatoms. The summed E-state index contributed by atoms with van der Waals surface area (Å²) in [7, 11) is -0.645. The van der Waals surface area contributed by atoms with Crippen molar-refractivity contribution in [2.24, 2.45) is 5.92 Å². The van der Waals surface area contributed by atoms with E-state index in [0.29, 0.717) is 37.0 Å². The number of aliphatic hydroxyl groups is 1. The third kappa shape index (κ3) is 5.94. The van der Waals surface area contributed by atoms with Crippen LogP contribution in [0.15, 0.2) is 114 Å². The Bertz CT molecular complexity index is 2380. The van der Waals surface area contributed by atoms with Gasteiger partial charge in [-0.2, -0.15) is 9.78 Å². The van der Waals surface area contributed by atoms with Gasteiger partial charge in [0.1, 0.15) is 5.75 Å².